The van der Waals surface area contributed by atoms with E-state index in [9.17, 15) is 4.79 Å². The van der Waals surface area contributed by atoms with Crippen LogP contribution < -0.4 is 16.4 Å². The van der Waals surface area contributed by atoms with Gasteiger partial charge in [-0.2, -0.15) is 0 Å². The summed E-state index contributed by atoms with van der Waals surface area (Å²) in [5.74, 6) is 0.00381. The second-order valence-electron chi connectivity index (χ2n) is 4.84. The summed E-state index contributed by atoms with van der Waals surface area (Å²) in [6, 6.07) is 16.1. The van der Waals surface area contributed by atoms with E-state index in [1.807, 2.05) is 36.4 Å². The van der Waals surface area contributed by atoms with Crippen molar-refractivity contribution in [2.45, 2.75) is 0 Å². The number of pyridine rings is 2. The minimum Gasteiger partial charge on any atom is -0.384 e. The number of rotatable bonds is 4. The second kappa shape index (κ2) is 6.57. The van der Waals surface area contributed by atoms with Crippen molar-refractivity contribution in [1.82, 2.24) is 9.97 Å². The fourth-order valence-corrected chi connectivity index (χ4v) is 2.05. The summed E-state index contributed by atoms with van der Waals surface area (Å²) in [5.41, 5.74) is 8.31. The molecule has 114 valence electrons. The number of benzene rings is 1. The number of nitrogen functional groups attached to an aromatic ring is 1. The first kappa shape index (κ1) is 14.5. The van der Waals surface area contributed by atoms with Gasteiger partial charge in [0.1, 0.15) is 11.5 Å². The van der Waals surface area contributed by atoms with E-state index < -0.39 is 0 Å². The van der Waals surface area contributed by atoms with Crippen LogP contribution >= 0.6 is 0 Å². The van der Waals surface area contributed by atoms with Crippen molar-refractivity contribution < 1.29 is 4.79 Å². The van der Waals surface area contributed by atoms with Crippen LogP contribution in [0.2, 0.25) is 0 Å². The normalized spacial score (nSPS) is 10.1. The molecule has 0 spiro atoms. The number of nitrogens with one attached hydrogen (secondary N) is 2. The van der Waals surface area contributed by atoms with Crippen LogP contribution in [0.1, 0.15) is 10.5 Å². The largest absolute Gasteiger partial charge is 0.384 e. The highest BCUT2D eigenvalue weighted by Gasteiger charge is 2.08. The SMILES string of the molecule is Nc1cccc(C(=O)Nc2cccc(Nc3ccncc3)c2)n1. The van der Waals surface area contributed by atoms with Gasteiger partial charge in [0.2, 0.25) is 0 Å². The third kappa shape index (κ3) is 3.82. The van der Waals surface area contributed by atoms with E-state index in [1.54, 1.807) is 30.6 Å². The molecule has 0 aliphatic heterocycles. The first-order valence-corrected chi connectivity index (χ1v) is 7.02. The van der Waals surface area contributed by atoms with Crippen molar-refractivity contribution >= 4 is 28.8 Å². The Bertz CT molecular complexity index is 820. The van der Waals surface area contributed by atoms with E-state index in [4.69, 9.17) is 5.73 Å². The standard InChI is InChI=1S/C17H15N5O/c18-16-6-2-5-15(22-16)17(23)21-14-4-1-3-13(11-14)20-12-7-9-19-10-8-12/h1-11H,(H2,18,22)(H,19,20)(H,21,23). The predicted octanol–water partition coefficient (Wildman–Crippen LogP) is 3.05. The highest BCUT2D eigenvalue weighted by Crippen LogP contribution is 2.20. The second-order valence-corrected chi connectivity index (χ2v) is 4.84. The molecule has 0 saturated carbocycles. The molecular formula is C17H15N5O. The van der Waals surface area contributed by atoms with Crippen molar-refractivity contribution in [3.8, 4) is 0 Å². The number of hydrogen-bond donors (Lipinski definition) is 3. The Kier molecular flexibility index (Phi) is 4.15. The van der Waals surface area contributed by atoms with Crippen molar-refractivity contribution in [2.24, 2.45) is 0 Å². The Morgan fingerprint density at radius 1 is 0.913 bits per heavy atom. The van der Waals surface area contributed by atoms with Crippen molar-refractivity contribution in [2.75, 3.05) is 16.4 Å². The molecule has 0 radical (unpaired) electrons. The topological polar surface area (TPSA) is 92.9 Å². The third-order valence-electron chi connectivity index (χ3n) is 3.09. The average Bonchev–Trinajstić information content (AvgIpc) is 2.56. The van der Waals surface area contributed by atoms with Gasteiger partial charge in [0.15, 0.2) is 0 Å². The lowest BCUT2D eigenvalue weighted by molar-refractivity contribution is 0.102. The molecule has 2 aromatic heterocycles. The fraction of sp³-hybridized carbons (Fsp3) is 0. The molecule has 3 aromatic rings. The van der Waals surface area contributed by atoms with Crippen LogP contribution in [0.25, 0.3) is 0 Å². The van der Waals surface area contributed by atoms with Gasteiger partial charge in [-0.1, -0.05) is 12.1 Å². The summed E-state index contributed by atoms with van der Waals surface area (Å²) >= 11 is 0. The molecule has 0 aliphatic carbocycles. The van der Waals surface area contributed by atoms with Crippen molar-refractivity contribution in [1.29, 1.82) is 0 Å². The van der Waals surface area contributed by atoms with Gasteiger partial charge in [0.05, 0.1) is 0 Å². The molecule has 0 fully saturated rings. The number of carbonyl (C=O) groups is 1. The van der Waals surface area contributed by atoms with Gasteiger partial charge >= 0.3 is 0 Å². The van der Waals surface area contributed by atoms with Gasteiger partial charge in [-0.15, -0.1) is 0 Å². The Balaban J connectivity index is 1.74. The Hall–Kier alpha value is -3.41. The summed E-state index contributed by atoms with van der Waals surface area (Å²) < 4.78 is 0. The maximum Gasteiger partial charge on any atom is 0.274 e. The summed E-state index contributed by atoms with van der Waals surface area (Å²) in [6.45, 7) is 0. The van der Waals surface area contributed by atoms with Gasteiger partial charge in [-0.3, -0.25) is 9.78 Å². The summed E-state index contributed by atoms with van der Waals surface area (Å²) in [4.78, 5) is 20.2. The minimum atomic E-state index is -0.307. The Morgan fingerprint density at radius 3 is 2.43 bits per heavy atom. The molecule has 0 saturated heterocycles. The molecule has 0 unspecified atom stereocenters. The van der Waals surface area contributed by atoms with E-state index in [-0.39, 0.29) is 11.6 Å². The van der Waals surface area contributed by atoms with Crippen molar-refractivity contribution in [3.05, 3.63) is 72.7 Å². The molecule has 6 heteroatoms. The lowest BCUT2D eigenvalue weighted by atomic mass is 10.2. The number of hydrogen-bond acceptors (Lipinski definition) is 5. The summed E-state index contributed by atoms with van der Waals surface area (Å²) in [6.07, 6.45) is 3.42. The van der Waals surface area contributed by atoms with E-state index in [0.717, 1.165) is 11.4 Å². The number of anilines is 4. The lowest BCUT2D eigenvalue weighted by Crippen LogP contribution is -2.14. The molecule has 3 rings (SSSR count). The number of amides is 1. The zero-order chi connectivity index (χ0) is 16.1. The first-order valence-electron chi connectivity index (χ1n) is 7.02. The van der Waals surface area contributed by atoms with E-state index in [0.29, 0.717) is 11.5 Å². The maximum atomic E-state index is 12.2. The van der Waals surface area contributed by atoms with Crippen LogP contribution in [-0.4, -0.2) is 15.9 Å². The molecule has 0 aliphatic rings. The number of aromatic nitrogens is 2. The number of nitrogens with two attached hydrogens (primary N) is 1. The zero-order valence-electron chi connectivity index (χ0n) is 12.2. The quantitative estimate of drug-likeness (QED) is 0.689. The average molecular weight is 305 g/mol. The van der Waals surface area contributed by atoms with Gasteiger partial charge in [-0.25, -0.2) is 4.98 Å². The number of carbonyl (C=O) groups excluding carboxylic acids is 1. The molecule has 1 aromatic carbocycles. The van der Waals surface area contributed by atoms with E-state index >= 15 is 0 Å². The molecule has 1 amide bonds. The van der Waals surface area contributed by atoms with Crippen LogP contribution in [0, 0.1) is 0 Å². The maximum absolute atomic E-state index is 12.2. The van der Waals surface area contributed by atoms with Gasteiger partial charge in [0.25, 0.3) is 5.91 Å². The van der Waals surface area contributed by atoms with Crippen LogP contribution in [0.4, 0.5) is 22.9 Å². The molecule has 6 nitrogen and oxygen atoms in total. The van der Waals surface area contributed by atoms with Crippen LogP contribution in [-0.2, 0) is 0 Å². The zero-order valence-corrected chi connectivity index (χ0v) is 12.2. The fourth-order valence-electron chi connectivity index (χ4n) is 2.05. The molecule has 2 heterocycles. The molecule has 23 heavy (non-hydrogen) atoms. The molecule has 0 atom stereocenters. The summed E-state index contributed by atoms with van der Waals surface area (Å²) in [7, 11) is 0. The van der Waals surface area contributed by atoms with Gasteiger partial charge in [-0.05, 0) is 42.5 Å². The highest BCUT2D eigenvalue weighted by atomic mass is 16.1. The molecule has 4 N–H and O–H groups in total. The smallest absolute Gasteiger partial charge is 0.274 e. The third-order valence-corrected chi connectivity index (χ3v) is 3.09. The van der Waals surface area contributed by atoms with Gasteiger partial charge < -0.3 is 16.4 Å². The van der Waals surface area contributed by atoms with E-state index in [1.165, 1.54) is 0 Å². The summed E-state index contributed by atoms with van der Waals surface area (Å²) in [5, 5.41) is 6.04. The Morgan fingerprint density at radius 2 is 1.65 bits per heavy atom. The van der Waals surface area contributed by atoms with Crippen LogP contribution in [0.5, 0.6) is 0 Å². The predicted molar refractivity (Wildman–Crippen MR) is 90.6 cm³/mol. The van der Waals surface area contributed by atoms with Crippen LogP contribution in [0.15, 0.2) is 67.0 Å². The van der Waals surface area contributed by atoms with E-state index in [2.05, 4.69) is 20.6 Å². The molecule has 0 bridgehead atoms. The molecular weight excluding hydrogens is 290 g/mol. The highest BCUT2D eigenvalue weighted by molar-refractivity contribution is 6.03. The number of nitrogens with zero attached hydrogens (tertiary/aromatic N) is 2. The Labute approximate surface area is 133 Å². The minimum absolute atomic E-state index is 0.275. The monoisotopic (exact) mass is 305 g/mol. The lowest BCUT2D eigenvalue weighted by Gasteiger charge is -2.09. The van der Waals surface area contributed by atoms with Gasteiger partial charge in [0, 0.05) is 29.5 Å². The van der Waals surface area contributed by atoms with Crippen molar-refractivity contribution in [3.63, 3.8) is 0 Å². The first-order chi connectivity index (χ1) is 11.2. The van der Waals surface area contributed by atoms with Crippen LogP contribution in [0.3, 0.4) is 0 Å².